The van der Waals surface area contributed by atoms with Crippen LogP contribution in [0.25, 0.3) is 0 Å². The van der Waals surface area contributed by atoms with E-state index >= 15 is 0 Å². The molecule has 0 amide bonds. The van der Waals surface area contributed by atoms with E-state index in [4.69, 9.17) is 4.74 Å². The fourth-order valence-corrected chi connectivity index (χ4v) is 1.42. The predicted octanol–water partition coefficient (Wildman–Crippen LogP) is -0.122. The number of carbonyl (C=O) groups is 1. The summed E-state index contributed by atoms with van der Waals surface area (Å²) in [5, 5.41) is 0. The molecule has 0 aromatic carbocycles. The standard InChI is InChI=1S/C8H15NO3/c1-6-4-9(2)5-7(12-6)8(10)11-3/h6-7H,4-5H2,1-3H3/t6-,7-/m1/s1. The predicted molar refractivity (Wildman–Crippen MR) is 43.8 cm³/mol. The topological polar surface area (TPSA) is 38.8 Å². The molecule has 0 N–H and O–H groups in total. The third kappa shape index (κ3) is 2.19. The first-order chi connectivity index (χ1) is 5.63. The van der Waals surface area contributed by atoms with Crippen LogP contribution in [0.15, 0.2) is 0 Å². The van der Waals surface area contributed by atoms with Gasteiger partial charge in [-0.2, -0.15) is 0 Å². The van der Waals surface area contributed by atoms with E-state index in [2.05, 4.69) is 9.64 Å². The summed E-state index contributed by atoms with van der Waals surface area (Å²) in [6, 6.07) is 0. The average Bonchev–Trinajstić information content (AvgIpc) is 2.01. The van der Waals surface area contributed by atoms with Crippen LogP contribution < -0.4 is 0 Å². The molecule has 0 aromatic heterocycles. The molecule has 2 atom stereocenters. The highest BCUT2D eigenvalue weighted by Gasteiger charge is 2.28. The maximum Gasteiger partial charge on any atom is 0.336 e. The van der Waals surface area contributed by atoms with Gasteiger partial charge < -0.3 is 14.4 Å². The average molecular weight is 173 g/mol. The lowest BCUT2D eigenvalue weighted by atomic mass is 10.2. The minimum atomic E-state index is -0.413. The van der Waals surface area contributed by atoms with Gasteiger partial charge in [-0.1, -0.05) is 0 Å². The van der Waals surface area contributed by atoms with Gasteiger partial charge in [0.05, 0.1) is 13.2 Å². The van der Waals surface area contributed by atoms with Crippen LogP contribution in [0, 0.1) is 0 Å². The van der Waals surface area contributed by atoms with E-state index in [0.717, 1.165) is 6.54 Å². The second-order valence-electron chi connectivity index (χ2n) is 3.18. The number of hydrogen-bond acceptors (Lipinski definition) is 4. The quantitative estimate of drug-likeness (QED) is 0.518. The summed E-state index contributed by atoms with van der Waals surface area (Å²) >= 11 is 0. The molecule has 12 heavy (non-hydrogen) atoms. The van der Waals surface area contributed by atoms with Crippen molar-refractivity contribution in [2.24, 2.45) is 0 Å². The molecule has 0 bridgehead atoms. The molecule has 1 heterocycles. The fraction of sp³-hybridized carbons (Fsp3) is 0.875. The number of likely N-dealkylation sites (N-methyl/N-ethyl adjacent to an activating group) is 1. The summed E-state index contributed by atoms with van der Waals surface area (Å²) in [7, 11) is 3.35. The van der Waals surface area contributed by atoms with E-state index in [1.165, 1.54) is 7.11 Å². The van der Waals surface area contributed by atoms with Gasteiger partial charge in [0.25, 0.3) is 0 Å². The second kappa shape index (κ2) is 3.87. The second-order valence-corrected chi connectivity index (χ2v) is 3.18. The molecule has 1 saturated heterocycles. The van der Waals surface area contributed by atoms with Crippen molar-refractivity contribution in [3.63, 3.8) is 0 Å². The number of ether oxygens (including phenoxy) is 2. The number of nitrogens with zero attached hydrogens (tertiary/aromatic N) is 1. The van der Waals surface area contributed by atoms with Crippen LogP contribution in [0.3, 0.4) is 0 Å². The van der Waals surface area contributed by atoms with Crippen molar-refractivity contribution in [3.05, 3.63) is 0 Å². The molecule has 0 radical (unpaired) electrons. The number of rotatable bonds is 1. The molecule has 4 heteroatoms. The van der Waals surface area contributed by atoms with Gasteiger partial charge in [-0.05, 0) is 14.0 Å². The third-order valence-corrected chi connectivity index (χ3v) is 1.91. The highest BCUT2D eigenvalue weighted by atomic mass is 16.6. The molecule has 0 saturated carbocycles. The lowest BCUT2D eigenvalue weighted by Gasteiger charge is -2.32. The van der Waals surface area contributed by atoms with Crippen LogP contribution in [0.5, 0.6) is 0 Å². The van der Waals surface area contributed by atoms with Crippen LogP contribution in [0.1, 0.15) is 6.92 Å². The first kappa shape index (κ1) is 9.48. The van der Waals surface area contributed by atoms with E-state index < -0.39 is 6.10 Å². The molecular weight excluding hydrogens is 158 g/mol. The van der Waals surface area contributed by atoms with Crippen molar-refractivity contribution in [1.29, 1.82) is 0 Å². The Morgan fingerprint density at radius 2 is 2.25 bits per heavy atom. The Morgan fingerprint density at radius 1 is 1.58 bits per heavy atom. The number of esters is 1. The van der Waals surface area contributed by atoms with Crippen LogP contribution in [0.4, 0.5) is 0 Å². The molecule has 0 spiro atoms. The molecule has 1 aliphatic rings. The van der Waals surface area contributed by atoms with E-state index in [1.807, 2.05) is 14.0 Å². The van der Waals surface area contributed by atoms with Crippen molar-refractivity contribution in [2.75, 3.05) is 27.2 Å². The number of carbonyl (C=O) groups excluding carboxylic acids is 1. The SMILES string of the molecule is COC(=O)[C@H]1CN(C)C[C@@H](C)O1. The Bertz CT molecular complexity index is 162. The lowest BCUT2D eigenvalue weighted by molar-refractivity contribution is -0.165. The van der Waals surface area contributed by atoms with Gasteiger partial charge in [0.2, 0.25) is 0 Å². The van der Waals surface area contributed by atoms with Crippen LogP contribution in [0.2, 0.25) is 0 Å². The largest absolute Gasteiger partial charge is 0.467 e. The molecule has 0 aliphatic carbocycles. The van der Waals surface area contributed by atoms with Crippen LogP contribution in [-0.4, -0.2) is 50.3 Å². The summed E-state index contributed by atoms with van der Waals surface area (Å²) in [4.78, 5) is 13.1. The molecule has 1 aliphatic heterocycles. The van der Waals surface area contributed by atoms with Gasteiger partial charge in [0, 0.05) is 13.1 Å². The third-order valence-electron chi connectivity index (χ3n) is 1.91. The summed E-state index contributed by atoms with van der Waals surface area (Å²) in [6.07, 6.45) is -0.309. The zero-order valence-corrected chi connectivity index (χ0v) is 7.74. The Hall–Kier alpha value is -0.610. The Balaban J connectivity index is 2.49. The smallest absolute Gasteiger partial charge is 0.336 e. The minimum absolute atomic E-state index is 0.104. The molecule has 0 unspecified atom stereocenters. The van der Waals surface area contributed by atoms with Gasteiger partial charge in [0.1, 0.15) is 0 Å². The molecular formula is C8H15NO3. The molecule has 4 nitrogen and oxygen atoms in total. The number of hydrogen-bond donors (Lipinski definition) is 0. The molecule has 1 rings (SSSR count). The maximum atomic E-state index is 11.1. The van der Waals surface area contributed by atoms with Crippen molar-refractivity contribution in [1.82, 2.24) is 4.90 Å². The van der Waals surface area contributed by atoms with Gasteiger partial charge in [-0.25, -0.2) is 4.79 Å². The highest BCUT2D eigenvalue weighted by molar-refractivity contribution is 5.74. The minimum Gasteiger partial charge on any atom is -0.467 e. The number of morpholine rings is 1. The first-order valence-corrected chi connectivity index (χ1v) is 4.05. The Morgan fingerprint density at radius 3 is 2.75 bits per heavy atom. The van der Waals surface area contributed by atoms with Crippen LogP contribution >= 0.6 is 0 Å². The van der Waals surface area contributed by atoms with E-state index in [-0.39, 0.29) is 12.1 Å². The molecule has 0 aromatic rings. The van der Waals surface area contributed by atoms with E-state index in [1.54, 1.807) is 0 Å². The molecule has 70 valence electrons. The molecule has 1 fully saturated rings. The monoisotopic (exact) mass is 173 g/mol. The normalized spacial score (nSPS) is 31.6. The zero-order valence-electron chi connectivity index (χ0n) is 7.74. The summed E-state index contributed by atoms with van der Waals surface area (Å²) in [5.41, 5.74) is 0. The highest BCUT2D eigenvalue weighted by Crippen LogP contribution is 2.09. The van der Waals surface area contributed by atoms with E-state index in [0.29, 0.717) is 6.54 Å². The first-order valence-electron chi connectivity index (χ1n) is 4.05. The van der Waals surface area contributed by atoms with Gasteiger partial charge in [-0.3, -0.25) is 0 Å². The maximum absolute atomic E-state index is 11.1. The summed E-state index contributed by atoms with van der Waals surface area (Å²) < 4.78 is 9.99. The lowest BCUT2D eigenvalue weighted by Crippen LogP contribution is -2.48. The van der Waals surface area contributed by atoms with E-state index in [9.17, 15) is 4.79 Å². The van der Waals surface area contributed by atoms with Gasteiger partial charge in [-0.15, -0.1) is 0 Å². The van der Waals surface area contributed by atoms with Gasteiger partial charge >= 0.3 is 5.97 Å². The summed E-state index contributed by atoms with van der Waals surface area (Å²) in [5.74, 6) is -0.284. The fourth-order valence-electron chi connectivity index (χ4n) is 1.42. The number of methoxy groups -OCH3 is 1. The summed E-state index contributed by atoms with van der Waals surface area (Å²) in [6.45, 7) is 3.44. The Labute approximate surface area is 72.4 Å². The van der Waals surface area contributed by atoms with Crippen LogP contribution in [-0.2, 0) is 14.3 Å². The Kier molecular flexibility index (Phi) is 3.05. The van der Waals surface area contributed by atoms with Crippen molar-refractivity contribution in [3.8, 4) is 0 Å². The van der Waals surface area contributed by atoms with Crippen molar-refractivity contribution in [2.45, 2.75) is 19.1 Å². The van der Waals surface area contributed by atoms with Crippen molar-refractivity contribution < 1.29 is 14.3 Å². The van der Waals surface area contributed by atoms with Crippen molar-refractivity contribution >= 4 is 5.97 Å². The zero-order chi connectivity index (χ0) is 9.14. The van der Waals surface area contributed by atoms with Gasteiger partial charge in [0.15, 0.2) is 6.10 Å².